The molecule has 0 nitrogen and oxygen atoms in total. The molecule has 146 valence electrons. The van der Waals surface area contributed by atoms with Gasteiger partial charge in [-0.1, -0.05) is 0 Å². The fourth-order valence-corrected chi connectivity index (χ4v) is 19.2. The van der Waals surface area contributed by atoms with Crippen molar-refractivity contribution in [2.45, 2.75) is 17.5 Å². The summed E-state index contributed by atoms with van der Waals surface area (Å²) in [6, 6.07) is 44.7. The Labute approximate surface area is 179 Å². The van der Waals surface area contributed by atoms with Crippen LogP contribution in [0.1, 0.15) is 22.3 Å². The standard InChI is InChI=1S/4C7H7.Sb.H/c4*1-7-5-3-2-4-6-7;;/h4*2-6H,1H2;;. The molecule has 1 heteroatoms. The Morgan fingerprint density at radius 3 is 0.724 bits per heavy atom. The van der Waals surface area contributed by atoms with Crippen molar-refractivity contribution in [2.24, 2.45) is 0 Å². The maximum atomic E-state index is 2.33. The van der Waals surface area contributed by atoms with E-state index in [0.717, 1.165) is 0 Å². The van der Waals surface area contributed by atoms with Crippen LogP contribution >= 0.6 is 0 Å². The molecule has 0 spiro atoms. The second kappa shape index (κ2) is 9.95. The van der Waals surface area contributed by atoms with Crippen molar-refractivity contribution in [1.82, 2.24) is 0 Å². The molecule has 0 N–H and O–H groups in total. The van der Waals surface area contributed by atoms with Gasteiger partial charge < -0.3 is 0 Å². The molecular formula is C28H29Sb. The van der Waals surface area contributed by atoms with Gasteiger partial charge >= 0.3 is 180 Å². The number of hydrogen-bond acceptors (Lipinski definition) is 0. The van der Waals surface area contributed by atoms with Crippen molar-refractivity contribution < 1.29 is 0 Å². The van der Waals surface area contributed by atoms with Crippen LogP contribution in [0.2, 0.25) is 0 Å². The minimum absolute atomic E-state index is 1.27. The van der Waals surface area contributed by atoms with Crippen LogP contribution in [-0.2, 0) is 17.5 Å². The SMILES string of the molecule is c1ccc([CH2][SbH]([CH2]c2ccccc2)([CH2]c2ccccc2)[CH2]c2ccccc2)cc1. The Morgan fingerprint density at radius 2 is 0.517 bits per heavy atom. The van der Waals surface area contributed by atoms with E-state index in [1.165, 1.54) is 39.7 Å². The molecule has 0 atom stereocenters. The molecule has 0 unspecified atom stereocenters. The van der Waals surface area contributed by atoms with Crippen molar-refractivity contribution in [3.63, 3.8) is 0 Å². The summed E-state index contributed by atoms with van der Waals surface area (Å²) in [5.74, 6) is 0. The van der Waals surface area contributed by atoms with Crippen molar-refractivity contribution in [1.29, 1.82) is 0 Å². The normalized spacial score (nSPS) is 11.9. The van der Waals surface area contributed by atoms with Gasteiger partial charge in [-0.2, -0.15) is 0 Å². The van der Waals surface area contributed by atoms with Gasteiger partial charge in [0.1, 0.15) is 0 Å². The summed E-state index contributed by atoms with van der Waals surface area (Å²) < 4.78 is 5.09. The van der Waals surface area contributed by atoms with Crippen molar-refractivity contribution >= 4 is 18.8 Å². The first-order valence-electron chi connectivity index (χ1n) is 10.5. The molecule has 0 fully saturated rings. The maximum absolute atomic E-state index is 2.72. The van der Waals surface area contributed by atoms with Crippen LogP contribution in [0.15, 0.2) is 121 Å². The van der Waals surface area contributed by atoms with Crippen LogP contribution in [-0.4, -0.2) is 18.8 Å². The van der Waals surface area contributed by atoms with Crippen LogP contribution < -0.4 is 0 Å². The molecule has 0 aromatic heterocycles. The van der Waals surface area contributed by atoms with E-state index in [1.807, 2.05) is 0 Å². The van der Waals surface area contributed by atoms with Crippen LogP contribution in [0.5, 0.6) is 0 Å². The molecular weight excluding hydrogens is 458 g/mol. The van der Waals surface area contributed by atoms with Gasteiger partial charge in [-0.25, -0.2) is 0 Å². The molecule has 4 aromatic carbocycles. The Morgan fingerprint density at radius 1 is 0.310 bits per heavy atom. The van der Waals surface area contributed by atoms with Gasteiger partial charge in [0.15, 0.2) is 0 Å². The molecule has 0 bridgehead atoms. The zero-order chi connectivity index (χ0) is 19.8. The Bertz CT molecular complexity index is 808. The Hall–Kier alpha value is -2.30. The van der Waals surface area contributed by atoms with E-state index >= 15 is 0 Å². The molecule has 29 heavy (non-hydrogen) atoms. The van der Waals surface area contributed by atoms with Gasteiger partial charge in [0.2, 0.25) is 0 Å². The van der Waals surface area contributed by atoms with E-state index in [4.69, 9.17) is 0 Å². The average Bonchev–Trinajstić information content (AvgIpc) is 2.76. The van der Waals surface area contributed by atoms with Crippen LogP contribution in [0, 0.1) is 0 Å². The second-order valence-corrected chi connectivity index (χ2v) is 20.7. The molecule has 0 saturated heterocycles. The molecule has 0 saturated carbocycles. The summed E-state index contributed by atoms with van der Waals surface area (Å²) in [5, 5.41) is 0. The fraction of sp³-hybridized carbons (Fsp3) is 0.143. The fourth-order valence-electron chi connectivity index (χ4n) is 4.49. The zero-order valence-corrected chi connectivity index (χ0v) is 19.7. The summed E-state index contributed by atoms with van der Waals surface area (Å²) in [6.07, 6.45) is 0. The Balaban J connectivity index is 1.75. The molecule has 0 aliphatic carbocycles. The minimum atomic E-state index is -2.72. The van der Waals surface area contributed by atoms with Gasteiger partial charge in [0.05, 0.1) is 0 Å². The second-order valence-electron chi connectivity index (χ2n) is 8.15. The monoisotopic (exact) mass is 486 g/mol. The summed E-state index contributed by atoms with van der Waals surface area (Å²) in [5.41, 5.74) is 6.02. The molecule has 0 aliphatic heterocycles. The molecule has 0 amide bonds. The van der Waals surface area contributed by atoms with E-state index in [1.54, 1.807) is 0 Å². The quantitative estimate of drug-likeness (QED) is 0.256. The summed E-state index contributed by atoms with van der Waals surface area (Å²) in [6.45, 7) is 0. The first-order chi connectivity index (χ1) is 14.3. The third kappa shape index (κ3) is 5.84. The molecule has 0 aliphatic rings. The molecule has 4 rings (SSSR count). The molecule has 0 radical (unpaired) electrons. The predicted molar refractivity (Wildman–Crippen MR) is 128 cm³/mol. The van der Waals surface area contributed by atoms with E-state index < -0.39 is 18.8 Å². The van der Waals surface area contributed by atoms with Gasteiger partial charge in [-0.05, 0) is 0 Å². The van der Waals surface area contributed by atoms with Gasteiger partial charge in [0, 0.05) is 0 Å². The van der Waals surface area contributed by atoms with Crippen LogP contribution in [0.3, 0.4) is 0 Å². The first-order valence-corrected chi connectivity index (χ1v) is 18.5. The van der Waals surface area contributed by atoms with Crippen LogP contribution in [0.25, 0.3) is 0 Å². The number of benzene rings is 4. The van der Waals surface area contributed by atoms with E-state index in [-0.39, 0.29) is 0 Å². The zero-order valence-electron chi connectivity index (χ0n) is 16.9. The first kappa shape index (κ1) is 20.0. The summed E-state index contributed by atoms with van der Waals surface area (Å²) >= 11 is -2.72. The third-order valence-corrected chi connectivity index (χ3v) is 18.9. The van der Waals surface area contributed by atoms with Gasteiger partial charge in [0.25, 0.3) is 0 Å². The topological polar surface area (TPSA) is 0 Å². The number of hydrogen-bond donors (Lipinski definition) is 0. The van der Waals surface area contributed by atoms with Gasteiger partial charge in [-0.3, -0.25) is 0 Å². The average molecular weight is 487 g/mol. The van der Waals surface area contributed by atoms with E-state index in [9.17, 15) is 0 Å². The molecule has 0 heterocycles. The van der Waals surface area contributed by atoms with E-state index in [0.29, 0.717) is 0 Å². The van der Waals surface area contributed by atoms with Crippen molar-refractivity contribution in [3.05, 3.63) is 144 Å². The summed E-state index contributed by atoms with van der Waals surface area (Å²) in [4.78, 5) is 0. The predicted octanol–water partition coefficient (Wildman–Crippen LogP) is 6.30. The summed E-state index contributed by atoms with van der Waals surface area (Å²) in [7, 11) is 0. The van der Waals surface area contributed by atoms with Gasteiger partial charge in [-0.15, -0.1) is 0 Å². The Kier molecular flexibility index (Phi) is 6.86. The van der Waals surface area contributed by atoms with Crippen molar-refractivity contribution in [3.8, 4) is 0 Å². The van der Waals surface area contributed by atoms with Crippen molar-refractivity contribution in [2.75, 3.05) is 0 Å². The molecule has 4 aromatic rings. The van der Waals surface area contributed by atoms with E-state index in [2.05, 4.69) is 121 Å². The van der Waals surface area contributed by atoms with Crippen LogP contribution in [0.4, 0.5) is 0 Å². The third-order valence-electron chi connectivity index (χ3n) is 5.69. The number of rotatable bonds is 8.